The first kappa shape index (κ1) is 18.1. The summed E-state index contributed by atoms with van der Waals surface area (Å²) >= 11 is 0. The van der Waals surface area contributed by atoms with Crippen LogP contribution in [0.5, 0.6) is 11.5 Å². The van der Waals surface area contributed by atoms with Crippen LogP contribution in [0.4, 0.5) is 0 Å². The van der Waals surface area contributed by atoms with E-state index in [9.17, 15) is 9.59 Å². The largest absolute Gasteiger partial charge is 0.493 e. The molecule has 24 heavy (non-hydrogen) atoms. The summed E-state index contributed by atoms with van der Waals surface area (Å²) in [7, 11) is 2.80. The fraction of sp³-hybridized carbons (Fsp3) is 0.556. The van der Waals surface area contributed by atoms with Crippen LogP contribution in [0.25, 0.3) is 0 Å². The zero-order chi connectivity index (χ0) is 17.7. The Morgan fingerprint density at radius 3 is 2.38 bits per heavy atom. The normalized spacial score (nSPS) is 20.4. The van der Waals surface area contributed by atoms with E-state index in [0.717, 1.165) is 19.3 Å². The predicted molar refractivity (Wildman–Crippen MR) is 89.4 cm³/mol. The topological polar surface area (TPSA) is 65.1 Å². The second kappa shape index (κ2) is 8.04. The molecule has 1 aromatic carbocycles. The number of piperidine rings is 1. The number of carbonyl (C=O) groups is 2. The highest BCUT2D eigenvalue weighted by Crippen LogP contribution is 2.29. The zero-order valence-corrected chi connectivity index (χ0v) is 14.7. The third kappa shape index (κ3) is 3.99. The molecular formula is C18H25NO5. The number of hydrogen-bond acceptors (Lipinski definition) is 5. The standard InChI is InChI=1S/C18H25NO5/c1-12-6-5-7-13(2)19(12)17(20)11-24-15-9-8-14(18(21)23-4)10-16(15)22-3/h8-10,12-13H,5-7,11H2,1-4H3/t12-,13+. The van der Waals surface area contributed by atoms with E-state index in [1.165, 1.54) is 20.3 Å². The number of nitrogens with zero attached hydrogens (tertiary/aromatic N) is 1. The number of hydrogen-bond donors (Lipinski definition) is 0. The summed E-state index contributed by atoms with van der Waals surface area (Å²) in [5.74, 6) is 0.335. The number of methoxy groups -OCH3 is 2. The molecule has 0 spiro atoms. The molecule has 0 aromatic heterocycles. The van der Waals surface area contributed by atoms with Gasteiger partial charge in [0.2, 0.25) is 0 Å². The van der Waals surface area contributed by atoms with Gasteiger partial charge in [-0.05, 0) is 51.3 Å². The van der Waals surface area contributed by atoms with Gasteiger partial charge in [0.25, 0.3) is 5.91 Å². The van der Waals surface area contributed by atoms with Crippen molar-refractivity contribution in [3.63, 3.8) is 0 Å². The first-order chi connectivity index (χ1) is 11.5. The molecule has 0 N–H and O–H groups in total. The fourth-order valence-electron chi connectivity index (χ4n) is 3.16. The van der Waals surface area contributed by atoms with E-state index in [4.69, 9.17) is 9.47 Å². The van der Waals surface area contributed by atoms with Crippen LogP contribution in [0.2, 0.25) is 0 Å². The zero-order valence-electron chi connectivity index (χ0n) is 14.7. The van der Waals surface area contributed by atoms with Crippen molar-refractivity contribution < 1.29 is 23.8 Å². The summed E-state index contributed by atoms with van der Waals surface area (Å²) in [6.45, 7) is 4.08. The van der Waals surface area contributed by atoms with Crippen LogP contribution in [0, 0.1) is 0 Å². The van der Waals surface area contributed by atoms with E-state index in [2.05, 4.69) is 18.6 Å². The molecule has 6 nitrogen and oxygen atoms in total. The van der Waals surface area contributed by atoms with Crippen LogP contribution in [-0.4, -0.2) is 49.7 Å². The number of amides is 1. The molecule has 2 atom stereocenters. The van der Waals surface area contributed by atoms with Gasteiger partial charge in [-0.1, -0.05) is 0 Å². The SMILES string of the molecule is COC(=O)c1ccc(OCC(=O)N2[C@H](C)CCC[C@@H]2C)c(OC)c1. The average Bonchev–Trinajstić information content (AvgIpc) is 2.58. The van der Waals surface area contributed by atoms with Crippen LogP contribution in [-0.2, 0) is 9.53 Å². The van der Waals surface area contributed by atoms with Gasteiger partial charge in [-0.15, -0.1) is 0 Å². The average molecular weight is 335 g/mol. The second-order valence-electron chi connectivity index (χ2n) is 6.08. The molecule has 0 radical (unpaired) electrons. The van der Waals surface area contributed by atoms with Gasteiger partial charge >= 0.3 is 5.97 Å². The van der Waals surface area contributed by atoms with Crippen molar-refractivity contribution in [2.45, 2.75) is 45.2 Å². The van der Waals surface area contributed by atoms with Crippen LogP contribution in [0.1, 0.15) is 43.5 Å². The highest BCUT2D eigenvalue weighted by molar-refractivity contribution is 5.90. The maximum atomic E-state index is 12.5. The summed E-state index contributed by atoms with van der Waals surface area (Å²) in [4.78, 5) is 26.0. The summed E-state index contributed by atoms with van der Waals surface area (Å²) in [6, 6.07) is 5.20. The predicted octanol–water partition coefficient (Wildman–Crippen LogP) is 2.65. The third-order valence-electron chi connectivity index (χ3n) is 4.42. The van der Waals surface area contributed by atoms with Crippen molar-refractivity contribution in [3.8, 4) is 11.5 Å². The number of likely N-dealkylation sites (tertiary alicyclic amines) is 1. The molecule has 1 heterocycles. The van der Waals surface area contributed by atoms with Crippen LogP contribution in [0.15, 0.2) is 18.2 Å². The molecule has 1 aromatic rings. The molecule has 0 aliphatic carbocycles. The van der Waals surface area contributed by atoms with Crippen molar-refractivity contribution in [2.75, 3.05) is 20.8 Å². The van der Waals surface area contributed by atoms with Gasteiger partial charge < -0.3 is 19.1 Å². The maximum Gasteiger partial charge on any atom is 0.337 e. The van der Waals surface area contributed by atoms with E-state index in [0.29, 0.717) is 17.1 Å². The molecule has 1 aliphatic heterocycles. The van der Waals surface area contributed by atoms with E-state index in [1.807, 2.05) is 4.90 Å². The number of ether oxygens (including phenoxy) is 3. The quantitative estimate of drug-likeness (QED) is 0.774. The first-order valence-electron chi connectivity index (χ1n) is 8.18. The summed E-state index contributed by atoms with van der Waals surface area (Å²) in [5.41, 5.74) is 0.367. The molecule has 1 saturated heterocycles. The van der Waals surface area contributed by atoms with Crippen LogP contribution >= 0.6 is 0 Å². The lowest BCUT2D eigenvalue weighted by Crippen LogP contribution is -2.49. The minimum absolute atomic E-state index is 0.0335. The number of benzene rings is 1. The summed E-state index contributed by atoms with van der Waals surface area (Å²) < 4.78 is 15.6. The fourth-order valence-corrected chi connectivity index (χ4v) is 3.16. The minimum Gasteiger partial charge on any atom is -0.493 e. The smallest absolute Gasteiger partial charge is 0.337 e. The first-order valence-corrected chi connectivity index (χ1v) is 8.18. The maximum absolute atomic E-state index is 12.5. The van der Waals surface area contributed by atoms with Gasteiger partial charge in [-0.25, -0.2) is 4.79 Å². The van der Waals surface area contributed by atoms with Crippen LogP contribution < -0.4 is 9.47 Å². The van der Waals surface area contributed by atoms with Crippen molar-refractivity contribution >= 4 is 11.9 Å². The van der Waals surface area contributed by atoms with Gasteiger partial charge in [-0.2, -0.15) is 0 Å². The Labute approximate surface area is 142 Å². The van der Waals surface area contributed by atoms with Crippen molar-refractivity contribution in [2.24, 2.45) is 0 Å². The van der Waals surface area contributed by atoms with Gasteiger partial charge in [0.05, 0.1) is 19.8 Å². The van der Waals surface area contributed by atoms with E-state index < -0.39 is 5.97 Å². The van der Waals surface area contributed by atoms with Gasteiger partial charge in [0, 0.05) is 12.1 Å². The van der Waals surface area contributed by atoms with Crippen molar-refractivity contribution in [1.82, 2.24) is 4.90 Å². The highest BCUT2D eigenvalue weighted by Gasteiger charge is 2.29. The molecule has 0 unspecified atom stereocenters. The monoisotopic (exact) mass is 335 g/mol. The highest BCUT2D eigenvalue weighted by atomic mass is 16.5. The molecular weight excluding hydrogens is 310 g/mol. The lowest BCUT2D eigenvalue weighted by Gasteiger charge is -2.39. The number of esters is 1. The Kier molecular flexibility index (Phi) is 6.06. The van der Waals surface area contributed by atoms with Crippen molar-refractivity contribution in [1.29, 1.82) is 0 Å². The Balaban J connectivity index is 2.05. The Morgan fingerprint density at radius 1 is 1.12 bits per heavy atom. The molecule has 6 heteroatoms. The molecule has 2 rings (SSSR count). The van der Waals surface area contributed by atoms with Gasteiger partial charge in [0.15, 0.2) is 18.1 Å². The lowest BCUT2D eigenvalue weighted by molar-refractivity contribution is -0.139. The molecule has 1 amide bonds. The molecule has 0 saturated carbocycles. The van der Waals surface area contributed by atoms with Crippen LogP contribution in [0.3, 0.4) is 0 Å². The van der Waals surface area contributed by atoms with Gasteiger partial charge in [-0.3, -0.25) is 4.79 Å². The lowest BCUT2D eigenvalue weighted by atomic mass is 9.97. The molecule has 132 valence electrons. The minimum atomic E-state index is -0.452. The molecule has 0 bridgehead atoms. The van der Waals surface area contributed by atoms with Crippen molar-refractivity contribution in [3.05, 3.63) is 23.8 Å². The van der Waals surface area contributed by atoms with E-state index in [1.54, 1.807) is 12.1 Å². The summed E-state index contributed by atoms with van der Waals surface area (Å²) in [6.07, 6.45) is 3.19. The van der Waals surface area contributed by atoms with Gasteiger partial charge in [0.1, 0.15) is 0 Å². The molecule has 1 aliphatic rings. The second-order valence-corrected chi connectivity index (χ2v) is 6.08. The molecule has 1 fully saturated rings. The third-order valence-corrected chi connectivity index (χ3v) is 4.42. The Bertz CT molecular complexity index is 591. The van der Waals surface area contributed by atoms with E-state index in [-0.39, 0.29) is 24.6 Å². The number of carbonyl (C=O) groups excluding carboxylic acids is 2. The Morgan fingerprint density at radius 2 is 1.79 bits per heavy atom. The summed E-state index contributed by atoms with van der Waals surface area (Å²) in [5, 5.41) is 0. The van der Waals surface area contributed by atoms with E-state index >= 15 is 0 Å². The Hall–Kier alpha value is -2.24. The number of rotatable bonds is 5.